The zero-order chi connectivity index (χ0) is 17.6. The highest BCUT2D eigenvalue weighted by Gasteiger charge is 2.29. The molecular weight excluding hydrogens is 312 g/mol. The van der Waals surface area contributed by atoms with Crippen LogP contribution in [0.2, 0.25) is 0 Å². The molecular formula is C21H24N2O2. The van der Waals surface area contributed by atoms with Crippen LogP contribution in [0.25, 0.3) is 11.1 Å². The summed E-state index contributed by atoms with van der Waals surface area (Å²) in [4.78, 5) is 24.3. The van der Waals surface area contributed by atoms with Crippen molar-refractivity contribution in [2.45, 2.75) is 38.1 Å². The first-order valence-corrected chi connectivity index (χ1v) is 8.91. The SMILES string of the molecule is NC(=O)[C@@H](NC(=O)c1ccc(-c2ccccc2)cc1)C1CCCCC1. The number of primary amides is 1. The lowest BCUT2D eigenvalue weighted by atomic mass is 9.83. The summed E-state index contributed by atoms with van der Waals surface area (Å²) in [6.45, 7) is 0. The third-order valence-corrected chi connectivity index (χ3v) is 4.97. The Morgan fingerprint density at radius 3 is 2.08 bits per heavy atom. The number of amides is 2. The van der Waals surface area contributed by atoms with E-state index in [4.69, 9.17) is 5.73 Å². The van der Waals surface area contributed by atoms with Crippen LogP contribution < -0.4 is 11.1 Å². The average molecular weight is 336 g/mol. The second kappa shape index (κ2) is 7.97. The summed E-state index contributed by atoms with van der Waals surface area (Å²) in [5.41, 5.74) is 8.24. The minimum atomic E-state index is -0.582. The lowest BCUT2D eigenvalue weighted by Gasteiger charge is -2.28. The molecule has 3 rings (SSSR count). The summed E-state index contributed by atoms with van der Waals surface area (Å²) in [5, 5.41) is 2.85. The highest BCUT2D eigenvalue weighted by atomic mass is 16.2. The largest absolute Gasteiger partial charge is 0.368 e. The summed E-state index contributed by atoms with van der Waals surface area (Å²) in [6.07, 6.45) is 5.27. The number of hydrogen-bond acceptors (Lipinski definition) is 2. The van der Waals surface area contributed by atoms with Crippen molar-refractivity contribution in [1.29, 1.82) is 0 Å². The minimum Gasteiger partial charge on any atom is -0.368 e. The van der Waals surface area contributed by atoms with Gasteiger partial charge >= 0.3 is 0 Å². The van der Waals surface area contributed by atoms with Gasteiger partial charge in [0.1, 0.15) is 6.04 Å². The standard InChI is InChI=1S/C21H24N2O2/c22-20(24)19(17-9-5-2-6-10-17)23-21(25)18-13-11-16(12-14-18)15-7-3-1-4-8-15/h1,3-4,7-8,11-14,17,19H,2,5-6,9-10H2,(H2,22,24)(H,23,25)/t19-/m0/s1. The molecule has 0 bridgehead atoms. The van der Waals surface area contributed by atoms with Crippen molar-refractivity contribution in [3.63, 3.8) is 0 Å². The van der Waals surface area contributed by atoms with E-state index in [1.807, 2.05) is 42.5 Å². The van der Waals surface area contributed by atoms with Gasteiger partial charge in [-0.25, -0.2) is 0 Å². The van der Waals surface area contributed by atoms with Crippen molar-refractivity contribution in [1.82, 2.24) is 5.32 Å². The Labute approximate surface area is 148 Å². The molecule has 0 saturated heterocycles. The van der Waals surface area contributed by atoms with Gasteiger partial charge in [0, 0.05) is 5.56 Å². The number of carbonyl (C=O) groups excluding carboxylic acids is 2. The molecule has 0 heterocycles. The van der Waals surface area contributed by atoms with Gasteiger partial charge in [-0.15, -0.1) is 0 Å². The highest BCUT2D eigenvalue weighted by molar-refractivity contribution is 5.97. The maximum absolute atomic E-state index is 12.5. The Balaban J connectivity index is 1.70. The smallest absolute Gasteiger partial charge is 0.251 e. The first kappa shape index (κ1) is 17.2. The first-order valence-electron chi connectivity index (χ1n) is 8.91. The van der Waals surface area contributed by atoms with E-state index in [1.165, 1.54) is 6.42 Å². The molecule has 1 atom stereocenters. The Morgan fingerprint density at radius 2 is 1.48 bits per heavy atom. The molecule has 0 aromatic heterocycles. The zero-order valence-corrected chi connectivity index (χ0v) is 14.3. The van der Waals surface area contributed by atoms with Crippen LogP contribution >= 0.6 is 0 Å². The van der Waals surface area contributed by atoms with Crippen LogP contribution in [-0.2, 0) is 4.79 Å². The number of hydrogen-bond donors (Lipinski definition) is 2. The predicted octanol–water partition coefficient (Wildman–Crippen LogP) is 3.52. The van der Waals surface area contributed by atoms with Gasteiger partial charge in [-0.1, -0.05) is 61.7 Å². The van der Waals surface area contributed by atoms with Crippen molar-refractivity contribution in [3.8, 4) is 11.1 Å². The number of nitrogens with two attached hydrogens (primary N) is 1. The molecule has 1 fully saturated rings. The van der Waals surface area contributed by atoms with Crippen molar-refractivity contribution >= 4 is 11.8 Å². The molecule has 1 aliphatic rings. The average Bonchev–Trinajstić information content (AvgIpc) is 2.67. The molecule has 130 valence electrons. The minimum absolute atomic E-state index is 0.152. The summed E-state index contributed by atoms with van der Waals surface area (Å²) >= 11 is 0. The Morgan fingerprint density at radius 1 is 0.880 bits per heavy atom. The quantitative estimate of drug-likeness (QED) is 0.877. The molecule has 0 unspecified atom stereocenters. The first-order chi connectivity index (χ1) is 12.1. The predicted molar refractivity (Wildman–Crippen MR) is 98.9 cm³/mol. The molecule has 4 heteroatoms. The molecule has 2 aromatic carbocycles. The fourth-order valence-corrected chi connectivity index (χ4v) is 3.56. The van der Waals surface area contributed by atoms with Gasteiger partial charge in [-0.2, -0.15) is 0 Å². The van der Waals surface area contributed by atoms with Crippen LogP contribution in [-0.4, -0.2) is 17.9 Å². The zero-order valence-electron chi connectivity index (χ0n) is 14.3. The van der Waals surface area contributed by atoms with Gasteiger partial charge in [0.15, 0.2) is 0 Å². The van der Waals surface area contributed by atoms with Gasteiger partial charge in [-0.05, 0) is 42.0 Å². The Bertz CT molecular complexity index is 719. The van der Waals surface area contributed by atoms with E-state index in [2.05, 4.69) is 5.32 Å². The lowest BCUT2D eigenvalue weighted by Crippen LogP contribution is -2.49. The third-order valence-electron chi connectivity index (χ3n) is 4.97. The molecule has 4 nitrogen and oxygen atoms in total. The monoisotopic (exact) mass is 336 g/mol. The molecule has 2 amide bonds. The van der Waals surface area contributed by atoms with Crippen molar-refractivity contribution in [2.75, 3.05) is 0 Å². The highest BCUT2D eigenvalue weighted by Crippen LogP contribution is 2.27. The molecule has 0 spiro atoms. The van der Waals surface area contributed by atoms with E-state index in [-0.39, 0.29) is 11.8 Å². The molecule has 2 aromatic rings. The molecule has 0 aliphatic heterocycles. The van der Waals surface area contributed by atoms with Crippen molar-refractivity contribution < 1.29 is 9.59 Å². The van der Waals surface area contributed by atoms with E-state index in [9.17, 15) is 9.59 Å². The van der Waals surface area contributed by atoms with Crippen molar-refractivity contribution in [3.05, 3.63) is 60.2 Å². The Hall–Kier alpha value is -2.62. The fraction of sp³-hybridized carbons (Fsp3) is 0.333. The second-order valence-electron chi connectivity index (χ2n) is 6.69. The summed E-state index contributed by atoms with van der Waals surface area (Å²) < 4.78 is 0. The van der Waals surface area contributed by atoms with Gasteiger partial charge in [0.25, 0.3) is 5.91 Å². The number of carbonyl (C=O) groups is 2. The van der Waals surface area contributed by atoms with E-state index < -0.39 is 11.9 Å². The van der Waals surface area contributed by atoms with Crippen LogP contribution in [0.4, 0.5) is 0 Å². The maximum Gasteiger partial charge on any atom is 0.251 e. The number of rotatable bonds is 5. The Kier molecular flexibility index (Phi) is 5.49. The van der Waals surface area contributed by atoms with Crippen LogP contribution in [0.3, 0.4) is 0 Å². The topological polar surface area (TPSA) is 72.2 Å². The van der Waals surface area contributed by atoms with Crippen LogP contribution in [0, 0.1) is 5.92 Å². The molecule has 1 saturated carbocycles. The molecule has 0 radical (unpaired) electrons. The maximum atomic E-state index is 12.5. The van der Waals surface area contributed by atoms with Crippen LogP contribution in [0.5, 0.6) is 0 Å². The van der Waals surface area contributed by atoms with E-state index in [1.54, 1.807) is 12.1 Å². The van der Waals surface area contributed by atoms with E-state index in [0.717, 1.165) is 36.8 Å². The second-order valence-corrected chi connectivity index (χ2v) is 6.69. The van der Waals surface area contributed by atoms with Gasteiger partial charge in [-0.3, -0.25) is 9.59 Å². The van der Waals surface area contributed by atoms with E-state index >= 15 is 0 Å². The molecule has 3 N–H and O–H groups in total. The lowest BCUT2D eigenvalue weighted by molar-refractivity contribution is -0.121. The summed E-state index contributed by atoms with van der Waals surface area (Å²) in [7, 11) is 0. The van der Waals surface area contributed by atoms with E-state index in [0.29, 0.717) is 5.56 Å². The molecule has 25 heavy (non-hydrogen) atoms. The summed E-state index contributed by atoms with van der Waals surface area (Å²) in [5.74, 6) is -0.533. The molecule has 1 aliphatic carbocycles. The van der Waals surface area contributed by atoms with Crippen LogP contribution in [0.15, 0.2) is 54.6 Å². The van der Waals surface area contributed by atoms with Gasteiger partial charge in [0.2, 0.25) is 5.91 Å². The number of benzene rings is 2. The van der Waals surface area contributed by atoms with Gasteiger partial charge < -0.3 is 11.1 Å². The van der Waals surface area contributed by atoms with Crippen molar-refractivity contribution in [2.24, 2.45) is 11.7 Å². The normalized spacial score (nSPS) is 16.2. The number of nitrogens with one attached hydrogen (secondary N) is 1. The summed E-state index contributed by atoms with van der Waals surface area (Å²) in [6, 6.07) is 16.8. The van der Waals surface area contributed by atoms with Crippen LogP contribution in [0.1, 0.15) is 42.5 Å². The third kappa shape index (κ3) is 4.27. The fourth-order valence-electron chi connectivity index (χ4n) is 3.56. The van der Waals surface area contributed by atoms with Gasteiger partial charge in [0.05, 0.1) is 0 Å².